The predicted octanol–water partition coefficient (Wildman–Crippen LogP) is 2.56. The fourth-order valence-corrected chi connectivity index (χ4v) is 3.46. The summed E-state index contributed by atoms with van der Waals surface area (Å²) in [6, 6.07) is 14.1. The number of nitrogens with one attached hydrogen (secondary N) is 1. The molecule has 1 aliphatic carbocycles. The van der Waals surface area contributed by atoms with Crippen molar-refractivity contribution in [3.05, 3.63) is 65.2 Å². The van der Waals surface area contributed by atoms with Crippen LogP contribution in [0.2, 0.25) is 0 Å². The van der Waals surface area contributed by atoms with Crippen LogP contribution in [0.15, 0.2) is 48.5 Å². The zero-order chi connectivity index (χ0) is 19.0. The van der Waals surface area contributed by atoms with Crippen LogP contribution in [0.25, 0.3) is 0 Å². The van der Waals surface area contributed by atoms with Crippen molar-refractivity contribution < 1.29 is 19.1 Å². The van der Waals surface area contributed by atoms with Gasteiger partial charge in [0.1, 0.15) is 12.3 Å². The first kappa shape index (κ1) is 17.3. The van der Waals surface area contributed by atoms with E-state index in [1.807, 2.05) is 24.3 Å². The zero-order valence-electron chi connectivity index (χ0n) is 15.0. The highest BCUT2D eigenvalue weighted by Crippen LogP contribution is 2.41. The van der Waals surface area contributed by atoms with Gasteiger partial charge in [-0.25, -0.2) is 0 Å². The molecular formula is C21H20N2O4. The Kier molecular flexibility index (Phi) is 4.39. The van der Waals surface area contributed by atoms with E-state index in [2.05, 4.69) is 5.32 Å². The minimum absolute atomic E-state index is 0.126. The molecule has 0 unspecified atom stereocenters. The van der Waals surface area contributed by atoms with E-state index in [-0.39, 0.29) is 18.5 Å². The van der Waals surface area contributed by atoms with E-state index in [1.54, 1.807) is 31.4 Å². The van der Waals surface area contributed by atoms with Gasteiger partial charge in [0.25, 0.3) is 11.8 Å². The van der Waals surface area contributed by atoms with Crippen molar-refractivity contribution in [3.63, 3.8) is 0 Å². The summed E-state index contributed by atoms with van der Waals surface area (Å²) >= 11 is 0. The minimum atomic E-state index is -0.418. The summed E-state index contributed by atoms with van der Waals surface area (Å²) in [6.45, 7) is -0.272. The number of rotatable bonds is 6. The van der Waals surface area contributed by atoms with Gasteiger partial charge >= 0.3 is 0 Å². The van der Waals surface area contributed by atoms with Gasteiger partial charge in [0.2, 0.25) is 5.91 Å². The van der Waals surface area contributed by atoms with Gasteiger partial charge in [-0.05, 0) is 48.6 Å². The van der Waals surface area contributed by atoms with E-state index >= 15 is 0 Å². The molecule has 27 heavy (non-hydrogen) atoms. The predicted molar refractivity (Wildman–Crippen MR) is 98.4 cm³/mol. The lowest BCUT2D eigenvalue weighted by molar-refractivity contribution is -0.122. The molecule has 0 saturated heterocycles. The topological polar surface area (TPSA) is 75.7 Å². The summed E-state index contributed by atoms with van der Waals surface area (Å²) in [5.74, 6) is -0.0382. The van der Waals surface area contributed by atoms with Crippen LogP contribution in [0.3, 0.4) is 0 Å². The van der Waals surface area contributed by atoms with Crippen LogP contribution in [0.5, 0.6) is 5.75 Å². The Labute approximate surface area is 157 Å². The standard InChI is InChI=1S/C21H20N2O4/c1-27-15-10-8-14(9-11-15)19(13-6-7-13)22-18(24)12-23-20(25)16-4-2-3-5-17(16)21(23)26/h2-5,8-11,13,19H,6-7,12H2,1H3,(H,22,24)/t19-/m1/s1. The highest BCUT2D eigenvalue weighted by molar-refractivity contribution is 6.22. The van der Waals surface area contributed by atoms with Gasteiger partial charge < -0.3 is 10.1 Å². The molecule has 0 bridgehead atoms. The average Bonchev–Trinajstić information content (AvgIpc) is 3.51. The Morgan fingerprint density at radius 2 is 1.67 bits per heavy atom. The minimum Gasteiger partial charge on any atom is -0.497 e. The van der Waals surface area contributed by atoms with E-state index in [0.29, 0.717) is 17.0 Å². The lowest BCUT2D eigenvalue weighted by Gasteiger charge is -2.21. The number of carbonyl (C=O) groups is 3. The molecule has 2 aromatic rings. The molecule has 138 valence electrons. The maximum atomic E-state index is 12.6. The smallest absolute Gasteiger partial charge is 0.262 e. The first-order chi connectivity index (χ1) is 13.1. The van der Waals surface area contributed by atoms with E-state index in [1.165, 1.54) is 0 Å². The van der Waals surface area contributed by atoms with Crippen molar-refractivity contribution >= 4 is 17.7 Å². The SMILES string of the molecule is COc1ccc([C@H](NC(=O)CN2C(=O)c3ccccc3C2=O)C2CC2)cc1. The molecule has 1 aliphatic heterocycles. The van der Waals surface area contributed by atoms with Crippen LogP contribution >= 0.6 is 0 Å². The monoisotopic (exact) mass is 364 g/mol. The van der Waals surface area contributed by atoms with E-state index < -0.39 is 11.8 Å². The van der Waals surface area contributed by atoms with Crippen LogP contribution in [-0.2, 0) is 4.79 Å². The molecule has 1 atom stereocenters. The van der Waals surface area contributed by atoms with Crippen LogP contribution in [0.1, 0.15) is 45.2 Å². The molecular weight excluding hydrogens is 344 g/mol. The largest absolute Gasteiger partial charge is 0.497 e. The van der Waals surface area contributed by atoms with Gasteiger partial charge in [-0.15, -0.1) is 0 Å². The number of hydrogen-bond acceptors (Lipinski definition) is 4. The third-order valence-corrected chi connectivity index (χ3v) is 5.06. The Morgan fingerprint density at radius 3 is 2.19 bits per heavy atom. The normalized spacial score (nSPS) is 16.9. The molecule has 3 amide bonds. The molecule has 1 N–H and O–H groups in total. The van der Waals surface area contributed by atoms with Crippen molar-refractivity contribution in [3.8, 4) is 5.75 Å². The summed E-state index contributed by atoms with van der Waals surface area (Å²) in [4.78, 5) is 38.5. The number of ether oxygens (including phenoxy) is 1. The zero-order valence-corrected chi connectivity index (χ0v) is 15.0. The highest BCUT2D eigenvalue weighted by Gasteiger charge is 2.38. The number of benzene rings is 2. The van der Waals surface area contributed by atoms with Crippen LogP contribution in [-0.4, -0.2) is 36.3 Å². The van der Waals surface area contributed by atoms with Crippen molar-refractivity contribution in [1.82, 2.24) is 10.2 Å². The molecule has 2 aromatic carbocycles. The van der Waals surface area contributed by atoms with Gasteiger partial charge in [-0.2, -0.15) is 0 Å². The Morgan fingerprint density at radius 1 is 1.07 bits per heavy atom. The summed E-state index contributed by atoms with van der Waals surface area (Å²) in [6.07, 6.45) is 2.09. The van der Waals surface area contributed by atoms with E-state index in [9.17, 15) is 14.4 Å². The maximum absolute atomic E-state index is 12.6. The van der Waals surface area contributed by atoms with Crippen LogP contribution in [0.4, 0.5) is 0 Å². The lowest BCUT2D eigenvalue weighted by atomic mass is 10.0. The number of methoxy groups -OCH3 is 1. The van der Waals surface area contributed by atoms with Gasteiger partial charge in [0.05, 0.1) is 24.3 Å². The molecule has 1 saturated carbocycles. The second kappa shape index (κ2) is 6.87. The van der Waals surface area contributed by atoms with E-state index in [4.69, 9.17) is 4.74 Å². The number of hydrogen-bond donors (Lipinski definition) is 1. The van der Waals surface area contributed by atoms with Gasteiger partial charge in [0, 0.05) is 0 Å². The molecule has 0 aromatic heterocycles. The first-order valence-electron chi connectivity index (χ1n) is 8.97. The molecule has 6 nitrogen and oxygen atoms in total. The molecule has 0 radical (unpaired) electrons. The highest BCUT2D eigenvalue weighted by atomic mass is 16.5. The van der Waals surface area contributed by atoms with Crippen LogP contribution < -0.4 is 10.1 Å². The van der Waals surface area contributed by atoms with E-state index in [0.717, 1.165) is 29.1 Å². The van der Waals surface area contributed by atoms with Gasteiger partial charge in [0.15, 0.2) is 0 Å². The Balaban J connectivity index is 1.46. The van der Waals surface area contributed by atoms with Crippen molar-refractivity contribution in [1.29, 1.82) is 0 Å². The number of carbonyl (C=O) groups excluding carboxylic acids is 3. The third kappa shape index (κ3) is 3.30. The maximum Gasteiger partial charge on any atom is 0.262 e. The summed E-state index contributed by atoms with van der Waals surface area (Å²) in [7, 11) is 1.61. The van der Waals surface area contributed by atoms with Crippen molar-refractivity contribution in [2.24, 2.45) is 5.92 Å². The average molecular weight is 364 g/mol. The second-order valence-electron chi connectivity index (χ2n) is 6.90. The number of amides is 3. The lowest BCUT2D eigenvalue weighted by Crippen LogP contribution is -2.42. The molecule has 0 spiro atoms. The number of imide groups is 1. The number of nitrogens with zero attached hydrogens (tertiary/aromatic N) is 1. The van der Waals surface area contributed by atoms with Crippen molar-refractivity contribution in [2.75, 3.05) is 13.7 Å². The van der Waals surface area contributed by atoms with Gasteiger partial charge in [-0.1, -0.05) is 24.3 Å². The molecule has 4 rings (SSSR count). The fourth-order valence-electron chi connectivity index (χ4n) is 3.46. The molecule has 2 aliphatic rings. The Hall–Kier alpha value is -3.15. The van der Waals surface area contributed by atoms with Crippen molar-refractivity contribution in [2.45, 2.75) is 18.9 Å². The Bertz CT molecular complexity index is 868. The number of fused-ring (bicyclic) bond motifs is 1. The molecule has 6 heteroatoms. The fraction of sp³-hybridized carbons (Fsp3) is 0.286. The van der Waals surface area contributed by atoms with Gasteiger partial charge in [-0.3, -0.25) is 19.3 Å². The molecule has 1 heterocycles. The third-order valence-electron chi connectivity index (χ3n) is 5.06. The summed E-state index contributed by atoms with van der Waals surface area (Å²) < 4.78 is 5.18. The molecule has 1 fully saturated rings. The first-order valence-corrected chi connectivity index (χ1v) is 8.97. The second-order valence-corrected chi connectivity index (χ2v) is 6.90. The quantitative estimate of drug-likeness (QED) is 0.800. The summed E-state index contributed by atoms with van der Waals surface area (Å²) in [5.41, 5.74) is 1.70. The van der Waals surface area contributed by atoms with Crippen LogP contribution in [0, 0.1) is 5.92 Å². The summed E-state index contributed by atoms with van der Waals surface area (Å²) in [5, 5.41) is 3.00.